The number of piperidine rings is 1. The molecule has 0 saturated carbocycles. The van der Waals surface area contributed by atoms with E-state index in [1.807, 2.05) is 48.5 Å². The van der Waals surface area contributed by atoms with Crippen LogP contribution in [0.5, 0.6) is 0 Å². The first kappa shape index (κ1) is 15.0. The second-order valence-corrected chi connectivity index (χ2v) is 6.35. The highest BCUT2D eigenvalue weighted by atomic mass is 16.6. The van der Waals surface area contributed by atoms with E-state index < -0.39 is 5.60 Å². The van der Waals surface area contributed by atoms with Crippen LogP contribution in [0, 0.1) is 11.8 Å². The van der Waals surface area contributed by atoms with Crippen molar-refractivity contribution in [3.05, 3.63) is 0 Å². The van der Waals surface area contributed by atoms with Gasteiger partial charge in [-0.1, -0.05) is 13.8 Å². The zero-order valence-electron chi connectivity index (χ0n) is 12.5. The van der Waals surface area contributed by atoms with Crippen LogP contribution in [-0.2, 0) is 9.53 Å². The Balaban J connectivity index is 2.93. The molecule has 1 aliphatic rings. The summed E-state index contributed by atoms with van der Waals surface area (Å²) in [6.45, 7) is 13.1. The van der Waals surface area contributed by atoms with Gasteiger partial charge in [-0.25, -0.2) is 4.79 Å². The number of ketones is 1. The Bertz CT molecular complexity index is 327. The first-order chi connectivity index (χ1) is 8.06. The SMILES string of the molecule is CC1C(=O)C(C)C(C)N(C(=O)OC(C)(C)C)C1C. The first-order valence-electron chi connectivity index (χ1n) is 6.61. The largest absolute Gasteiger partial charge is 0.444 e. The van der Waals surface area contributed by atoms with Crippen LogP contribution in [0.3, 0.4) is 0 Å². The molecule has 4 atom stereocenters. The highest BCUT2D eigenvalue weighted by Gasteiger charge is 2.44. The summed E-state index contributed by atoms with van der Waals surface area (Å²) >= 11 is 0. The number of nitrogens with zero attached hydrogens (tertiary/aromatic N) is 1. The second-order valence-electron chi connectivity index (χ2n) is 6.35. The molecule has 4 unspecified atom stereocenters. The van der Waals surface area contributed by atoms with Crippen LogP contribution in [0.25, 0.3) is 0 Å². The molecule has 0 aromatic heterocycles. The van der Waals surface area contributed by atoms with Gasteiger partial charge in [0.1, 0.15) is 11.4 Å². The Morgan fingerprint density at radius 2 is 1.44 bits per heavy atom. The molecular formula is C14H25NO3. The van der Waals surface area contributed by atoms with Crippen molar-refractivity contribution in [2.75, 3.05) is 0 Å². The number of rotatable bonds is 0. The maximum atomic E-state index is 12.2. The van der Waals surface area contributed by atoms with E-state index >= 15 is 0 Å². The van der Waals surface area contributed by atoms with Crippen LogP contribution in [0.15, 0.2) is 0 Å². The van der Waals surface area contributed by atoms with Crippen LogP contribution in [0.1, 0.15) is 48.5 Å². The molecule has 1 fully saturated rings. The quantitative estimate of drug-likeness (QED) is 0.668. The Morgan fingerprint density at radius 1 is 1.06 bits per heavy atom. The van der Waals surface area contributed by atoms with Gasteiger partial charge in [0.25, 0.3) is 0 Å². The predicted molar refractivity (Wildman–Crippen MR) is 70.3 cm³/mol. The molecule has 1 saturated heterocycles. The van der Waals surface area contributed by atoms with Gasteiger partial charge in [0.05, 0.1) is 0 Å². The Kier molecular flexibility index (Phi) is 4.08. The number of hydrogen-bond donors (Lipinski definition) is 0. The average molecular weight is 255 g/mol. The summed E-state index contributed by atoms with van der Waals surface area (Å²) in [6.07, 6.45) is -0.325. The number of Topliss-reactive ketones (excluding diaryl/α,β-unsaturated/α-hetero) is 1. The highest BCUT2D eigenvalue weighted by molar-refractivity contribution is 5.87. The van der Waals surface area contributed by atoms with Crippen molar-refractivity contribution in [1.82, 2.24) is 4.90 Å². The fourth-order valence-corrected chi connectivity index (χ4v) is 2.39. The summed E-state index contributed by atoms with van der Waals surface area (Å²) in [5.74, 6) is -0.0396. The molecule has 1 aliphatic heterocycles. The molecule has 1 heterocycles. The molecule has 4 nitrogen and oxygen atoms in total. The minimum Gasteiger partial charge on any atom is -0.444 e. The summed E-state index contributed by atoms with van der Waals surface area (Å²) in [4.78, 5) is 26.0. The summed E-state index contributed by atoms with van der Waals surface area (Å²) < 4.78 is 5.43. The minimum atomic E-state index is -0.509. The molecular weight excluding hydrogens is 230 g/mol. The zero-order chi connectivity index (χ0) is 14.2. The van der Waals surface area contributed by atoms with E-state index in [9.17, 15) is 9.59 Å². The Morgan fingerprint density at radius 3 is 1.78 bits per heavy atom. The lowest BCUT2D eigenvalue weighted by Crippen LogP contribution is -2.58. The molecule has 0 aromatic rings. The van der Waals surface area contributed by atoms with Crippen molar-refractivity contribution in [1.29, 1.82) is 0 Å². The zero-order valence-corrected chi connectivity index (χ0v) is 12.5. The molecule has 0 aliphatic carbocycles. The predicted octanol–water partition coefficient (Wildman–Crippen LogP) is 2.86. The van der Waals surface area contributed by atoms with E-state index in [4.69, 9.17) is 4.74 Å². The van der Waals surface area contributed by atoms with E-state index in [0.717, 1.165) is 0 Å². The molecule has 0 spiro atoms. The van der Waals surface area contributed by atoms with Crippen LogP contribution in [0.2, 0.25) is 0 Å². The second kappa shape index (κ2) is 4.90. The molecule has 1 amide bonds. The van der Waals surface area contributed by atoms with Gasteiger partial charge in [-0.2, -0.15) is 0 Å². The smallest absolute Gasteiger partial charge is 0.410 e. The lowest BCUT2D eigenvalue weighted by molar-refractivity contribution is -0.135. The minimum absolute atomic E-state index is 0.112. The van der Waals surface area contributed by atoms with E-state index in [0.29, 0.717) is 0 Å². The van der Waals surface area contributed by atoms with Gasteiger partial charge in [-0.05, 0) is 34.6 Å². The average Bonchev–Trinajstić information content (AvgIpc) is 2.21. The van der Waals surface area contributed by atoms with Gasteiger partial charge in [0, 0.05) is 23.9 Å². The third-order valence-electron chi connectivity index (χ3n) is 3.83. The standard InChI is InChI=1S/C14H25NO3/c1-8-10(3)15(11(4)9(2)12(8)16)13(17)18-14(5,6)7/h8-11H,1-7H3. The monoisotopic (exact) mass is 255 g/mol. The Labute approximate surface area is 110 Å². The molecule has 104 valence electrons. The molecule has 1 rings (SSSR count). The number of amides is 1. The highest BCUT2D eigenvalue weighted by Crippen LogP contribution is 2.30. The van der Waals surface area contributed by atoms with Crippen molar-refractivity contribution in [3.8, 4) is 0 Å². The van der Waals surface area contributed by atoms with Crippen molar-refractivity contribution >= 4 is 11.9 Å². The number of ether oxygens (including phenoxy) is 1. The molecule has 0 aromatic carbocycles. The molecule has 0 bridgehead atoms. The lowest BCUT2D eigenvalue weighted by atomic mass is 9.80. The van der Waals surface area contributed by atoms with Crippen molar-refractivity contribution in [2.24, 2.45) is 11.8 Å². The van der Waals surface area contributed by atoms with Crippen molar-refractivity contribution < 1.29 is 14.3 Å². The van der Waals surface area contributed by atoms with Gasteiger partial charge >= 0.3 is 6.09 Å². The van der Waals surface area contributed by atoms with E-state index in [-0.39, 0.29) is 35.8 Å². The maximum absolute atomic E-state index is 12.2. The summed E-state index contributed by atoms with van der Waals surface area (Å²) in [6, 6.07) is -0.225. The molecule has 0 radical (unpaired) electrons. The molecule has 0 N–H and O–H groups in total. The van der Waals surface area contributed by atoms with E-state index in [2.05, 4.69) is 0 Å². The van der Waals surface area contributed by atoms with Crippen LogP contribution in [0.4, 0.5) is 4.79 Å². The van der Waals surface area contributed by atoms with Gasteiger partial charge in [0.15, 0.2) is 0 Å². The number of likely N-dealkylation sites (tertiary alicyclic amines) is 1. The van der Waals surface area contributed by atoms with Crippen LogP contribution < -0.4 is 0 Å². The summed E-state index contributed by atoms with van der Waals surface area (Å²) in [5.41, 5.74) is -0.509. The fraction of sp³-hybridized carbons (Fsp3) is 0.857. The van der Waals surface area contributed by atoms with Gasteiger partial charge in [-0.15, -0.1) is 0 Å². The first-order valence-corrected chi connectivity index (χ1v) is 6.61. The van der Waals surface area contributed by atoms with Gasteiger partial charge < -0.3 is 9.64 Å². The van der Waals surface area contributed by atoms with Crippen molar-refractivity contribution in [3.63, 3.8) is 0 Å². The molecule has 18 heavy (non-hydrogen) atoms. The van der Waals surface area contributed by atoms with Gasteiger partial charge in [0.2, 0.25) is 0 Å². The number of carbonyl (C=O) groups excluding carboxylic acids is 2. The van der Waals surface area contributed by atoms with Gasteiger partial charge in [-0.3, -0.25) is 4.79 Å². The van der Waals surface area contributed by atoms with Crippen LogP contribution >= 0.6 is 0 Å². The van der Waals surface area contributed by atoms with E-state index in [1.54, 1.807) is 4.90 Å². The third kappa shape index (κ3) is 2.85. The maximum Gasteiger partial charge on any atom is 0.410 e. The normalized spacial score (nSPS) is 33.5. The fourth-order valence-electron chi connectivity index (χ4n) is 2.39. The lowest BCUT2D eigenvalue weighted by Gasteiger charge is -2.45. The topological polar surface area (TPSA) is 46.6 Å². The van der Waals surface area contributed by atoms with Crippen LogP contribution in [-0.4, -0.2) is 34.5 Å². The number of hydrogen-bond acceptors (Lipinski definition) is 3. The van der Waals surface area contributed by atoms with E-state index in [1.165, 1.54) is 0 Å². The Hall–Kier alpha value is -1.06. The summed E-state index contributed by atoms with van der Waals surface area (Å²) in [5, 5.41) is 0. The third-order valence-corrected chi connectivity index (χ3v) is 3.83. The number of carbonyl (C=O) groups is 2. The van der Waals surface area contributed by atoms with Crippen molar-refractivity contribution in [2.45, 2.75) is 66.2 Å². The molecule has 4 heteroatoms. The summed E-state index contributed by atoms with van der Waals surface area (Å²) in [7, 11) is 0.